The highest BCUT2D eigenvalue weighted by Gasteiger charge is 2.18. The predicted molar refractivity (Wildman–Crippen MR) is 87.7 cm³/mol. The first-order valence-corrected chi connectivity index (χ1v) is 7.21. The second kappa shape index (κ2) is 6.96. The van der Waals surface area contributed by atoms with E-state index in [1.54, 1.807) is 69.3 Å². The van der Waals surface area contributed by atoms with Crippen LogP contribution in [0.4, 0.5) is 10.5 Å². The Morgan fingerprint density at radius 2 is 1.52 bits per heavy atom. The maximum Gasteiger partial charge on any atom is 0.412 e. The summed E-state index contributed by atoms with van der Waals surface area (Å²) in [5.41, 5.74) is 0.185. The van der Waals surface area contributed by atoms with Gasteiger partial charge < -0.3 is 9.47 Å². The molecule has 0 radical (unpaired) electrons. The van der Waals surface area contributed by atoms with E-state index < -0.39 is 17.7 Å². The zero-order valence-corrected chi connectivity index (χ0v) is 13.3. The lowest BCUT2D eigenvalue weighted by atomic mass is 10.2. The van der Waals surface area contributed by atoms with Gasteiger partial charge in [0, 0.05) is 0 Å². The molecule has 23 heavy (non-hydrogen) atoms. The zero-order valence-electron chi connectivity index (χ0n) is 13.3. The number of rotatable bonds is 3. The smallest absolute Gasteiger partial charge is 0.412 e. The van der Waals surface area contributed by atoms with E-state index >= 15 is 0 Å². The van der Waals surface area contributed by atoms with Crippen LogP contribution in [0.15, 0.2) is 54.6 Å². The fraction of sp³-hybridized carbons (Fsp3) is 0.222. The largest absolute Gasteiger partial charge is 0.444 e. The average molecular weight is 313 g/mol. The normalized spacial score (nSPS) is 10.7. The fourth-order valence-corrected chi connectivity index (χ4v) is 1.81. The molecule has 0 aliphatic rings. The van der Waals surface area contributed by atoms with Crippen LogP contribution in [0.1, 0.15) is 31.1 Å². The van der Waals surface area contributed by atoms with Gasteiger partial charge in [0.25, 0.3) is 0 Å². The number of ether oxygens (including phenoxy) is 2. The molecule has 0 saturated carbocycles. The lowest BCUT2D eigenvalue weighted by Crippen LogP contribution is -2.27. The Balaban J connectivity index is 2.12. The molecular weight excluding hydrogens is 294 g/mol. The van der Waals surface area contributed by atoms with Crippen LogP contribution in [-0.2, 0) is 4.74 Å². The van der Waals surface area contributed by atoms with Gasteiger partial charge in [0.2, 0.25) is 0 Å². The Bertz CT molecular complexity index is 690. The van der Waals surface area contributed by atoms with Gasteiger partial charge >= 0.3 is 12.1 Å². The van der Waals surface area contributed by atoms with Gasteiger partial charge in [0.05, 0.1) is 11.3 Å². The van der Waals surface area contributed by atoms with Gasteiger partial charge in [-0.3, -0.25) is 5.32 Å². The van der Waals surface area contributed by atoms with Gasteiger partial charge in [-0.25, -0.2) is 9.59 Å². The molecule has 0 unspecified atom stereocenters. The molecule has 0 atom stereocenters. The second-order valence-corrected chi connectivity index (χ2v) is 5.88. The molecule has 2 aromatic carbocycles. The molecule has 5 nitrogen and oxygen atoms in total. The fourth-order valence-electron chi connectivity index (χ4n) is 1.81. The summed E-state index contributed by atoms with van der Waals surface area (Å²) in [4.78, 5) is 24.0. The standard InChI is InChI=1S/C18H19NO4/c1-18(2,3)23-17(21)19-14-11-7-8-12-15(14)22-16(20)13-9-5-4-6-10-13/h4-12H,1-3H3,(H,19,21). The quantitative estimate of drug-likeness (QED) is 0.679. The van der Waals surface area contributed by atoms with E-state index in [4.69, 9.17) is 9.47 Å². The lowest BCUT2D eigenvalue weighted by molar-refractivity contribution is 0.0630. The highest BCUT2D eigenvalue weighted by atomic mass is 16.6. The van der Waals surface area contributed by atoms with Crippen molar-refractivity contribution in [3.8, 4) is 5.75 Å². The first-order chi connectivity index (χ1) is 10.8. The summed E-state index contributed by atoms with van der Waals surface area (Å²) in [5.74, 6) is -0.240. The molecule has 0 bridgehead atoms. The lowest BCUT2D eigenvalue weighted by Gasteiger charge is -2.20. The van der Waals surface area contributed by atoms with Crippen molar-refractivity contribution in [1.82, 2.24) is 0 Å². The minimum absolute atomic E-state index is 0.257. The van der Waals surface area contributed by atoms with E-state index in [0.717, 1.165) is 0 Å². The number of nitrogens with one attached hydrogen (secondary N) is 1. The minimum atomic E-state index is -0.611. The molecule has 1 N–H and O–H groups in total. The number of para-hydroxylation sites is 2. The topological polar surface area (TPSA) is 64.6 Å². The van der Waals surface area contributed by atoms with E-state index in [1.165, 1.54) is 0 Å². The van der Waals surface area contributed by atoms with Crippen LogP contribution < -0.4 is 10.1 Å². The summed E-state index contributed by atoms with van der Waals surface area (Å²) in [5, 5.41) is 2.59. The van der Waals surface area contributed by atoms with Crippen LogP contribution in [-0.4, -0.2) is 17.7 Å². The van der Waals surface area contributed by atoms with Crippen molar-refractivity contribution in [1.29, 1.82) is 0 Å². The SMILES string of the molecule is CC(C)(C)OC(=O)Nc1ccccc1OC(=O)c1ccccc1. The third kappa shape index (κ3) is 5.14. The van der Waals surface area contributed by atoms with Crippen molar-refractivity contribution < 1.29 is 19.1 Å². The van der Waals surface area contributed by atoms with Gasteiger partial charge in [-0.2, -0.15) is 0 Å². The Morgan fingerprint density at radius 3 is 2.17 bits per heavy atom. The number of anilines is 1. The van der Waals surface area contributed by atoms with Crippen molar-refractivity contribution in [2.24, 2.45) is 0 Å². The van der Waals surface area contributed by atoms with Gasteiger partial charge in [0.1, 0.15) is 5.60 Å². The minimum Gasteiger partial charge on any atom is -0.444 e. The molecule has 0 heterocycles. The third-order valence-corrected chi connectivity index (χ3v) is 2.73. The monoisotopic (exact) mass is 313 g/mol. The van der Waals surface area contributed by atoms with Gasteiger partial charge in [-0.05, 0) is 45.0 Å². The van der Waals surface area contributed by atoms with Gasteiger partial charge in [0.15, 0.2) is 5.75 Å². The predicted octanol–water partition coefficient (Wildman–Crippen LogP) is 4.25. The summed E-state index contributed by atoms with van der Waals surface area (Å²) >= 11 is 0. The third-order valence-electron chi connectivity index (χ3n) is 2.73. The van der Waals surface area contributed by atoms with E-state index in [2.05, 4.69) is 5.32 Å². The molecule has 1 amide bonds. The number of carbonyl (C=O) groups excluding carboxylic acids is 2. The van der Waals surface area contributed by atoms with Gasteiger partial charge in [-0.15, -0.1) is 0 Å². The molecule has 0 spiro atoms. The van der Waals surface area contributed by atoms with Crippen molar-refractivity contribution in [2.75, 3.05) is 5.32 Å². The molecule has 0 fully saturated rings. The molecular formula is C18H19NO4. The Labute approximate surface area is 135 Å². The molecule has 5 heteroatoms. The first kappa shape index (κ1) is 16.5. The summed E-state index contributed by atoms with van der Waals surface area (Å²) < 4.78 is 10.5. The number of carbonyl (C=O) groups is 2. The zero-order chi connectivity index (χ0) is 16.9. The Hall–Kier alpha value is -2.82. The molecule has 0 aliphatic carbocycles. The van der Waals surface area contributed by atoms with Gasteiger partial charge in [-0.1, -0.05) is 30.3 Å². The summed E-state index contributed by atoms with van der Waals surface area (Å²) in [7, 11) is 0. The molecule has 120 valence electrons. The van der Waals surface area contributed by atoms with Crippen LogP contribution in [0.25, 0.3) is 0 Å². The molecule has 0 aliphatic heterocycles. The number of hydrogen-bond donors (Lipinski definition) is 1. The second-order valence-electron chi connectivity index (χ2n) is 5.88. The highest BCUT2D eigenvalue weighted by Crippen LogP contribution is 2.25. The van der Waals surface area contributed by atoms with Crippen molar-refractivity contribution in [3.05, 3.63) is 60.2 Å². The maximum atomic E-state index is 12.1. The van der Waals surface area contributed by atoms with Crippen LogP contribution in [0.3, 0.4) is 0 Å². The number of esters is 1. The van der Waals surface area contributed by atoms with Crippen molar-refractivity contribution >= 4 is 17.7 Å². The van der Waals surface area contributed by atoms with E-state index in [-0.39, 0.29) is 5.75 Å². The van der Waals surface area contributed by atoms with Crippen LogP contribution in [0.2, 0.25) is 0 Å². The van der Waals surface area contributed by atoms with Crippen LogP contribution in [0.5, 0.6) is 5.75 Å². The molecule has 0 saturated heterocycles. The van der Waals surface area contributed by atoms with Crippen molar-refractivity contribution in [2.45, 2.75) is 26.4 Å². The number of amides is 1. The van der Waals surface area contributed by atoms with E-state index in [1.807, 2.05) is 6.07 Å². The number of benzene rings is 2. The first-order valence-electron chi connectivity index (χ1n) is 7.21. The maximum absolute atomic E-state index is 12.1. The number of hydrogen-bond acceptors (Lipinski definition) is 4. The Morgan fingerprint density at radius 1 is 0.913 bits per heavy atom. The van der Waals surface area contributed by atoms with Crippen molar-refractivity contribution in [3.63, 3.8) is 0 Å². The van der Waals surface area contributed by atoms with Crippen LogP contribution in [0, 0.1) is 0 Å². The highest BCUT2D eigenvalue weighted by molar-refractivity contribution is 5.93. The van der Waals surface area contributed by atoms with Crippen LogP contribution >= 0.6 is 0 Å². The summed E-state index contributed by atoms with van der Waals surface area (Å²) in [6.45, 7) is 5.32. The molecule has 0 aromatic heterocycles. The van der Waals surface area contributed by atoms with E-state index in [0.29, 0.717) is 11.3 Å². The molecule has 2 aromatic rings. The summed E-state index contributed by atoms with van der Waals surface area (Å²) in [6.07, 6.45) is -0.610. The average Bonchev–Trinajstić information content (AvgIpc) is 2.48. The Kier molecular flexibility index (Phi) is 5.01. The summed E-state index contributed by atoms with van der Waals surface area (Å²) in [6, 6.07) is 15.3. The molecule has 2 rings (SSSR count). The van der Waals surface area contributed by atoms with E-state index in [9.17, 15) is 9.59 Å².